The molecule has 0 fully saturated rings. The Hall–Kier alpha value is -6.56. The molecule has 2 heteroatoms. The average Bonchev–Trinajstić information content (AvgIpc) is 3.41. The summed E-state index contributed by atoms with van der Waals surface area (Å²) in [5.74, 6) is 0. The SMILES string of the molecule is [C-]#[N+]c1ccc2c(c1)C(C)(C)c1cc(-c3cccc(-c4ccc5c(ccc6c7cc8ccccc8cc7nc(-c7ccccc7)c56)c4)c3)ccc1-2. The van der Waals surface area contributed by atoms with Gasteiger partial charge in [-0.05, 0) is 102 Å². The zero-order valence-corrected chi connectivity index (χ0v) is 28.4. The van der Waals surface area contributed by atoms with E-state index in [0.717, 1.165) is 16.8 Å². The molecule has 0 atom stereocenters. The zero-order chi connectivity index (χ0) is 34.3. The van der Waals surface area contributed by atoms with E-state index < -0.39 is 0 Å². The van der Waals surface area contributed by atoms with Gasteiger partial charge in [-0.25, -0.2) is 9.83 Å². The Morgan fingerprint density at radius 1 is 0.471 bits per heavy atom. The average molecular weight is 649 g/mol. The first-order chi connectivity index (χ1) is 25.0. The number of benzene rings is 8. The number of hydrogen-bond donors (Lipinski definition) is 0. The number of rotatable bonds is 3. The summed E-state index contributed by atoms with van der Waals surface area (Å²) in [6.07, 6.45) is 0. The molecule has 238 valence electrons. The van der Waals surface area contributed by atoms with Crippen LogP contribution in [0.5, 0.6) is 0 Å². The summed E-state index contributed by atoms with van der Waals surface area (Å²) >= 11 is 0. The fourth-order valence-electron chi connectivity index (χ4n) is 8.36. The maximum atomic E-state index is 7.53. The summed E-state index contributed by atoms with van der Waals surface area (Å²) < 4.78 is 0. The molecule has 1 heterocycles. The first kappa shape index (κ1) is 29.4. The van der Waals surface area contributed by atoms with Crippen molar-refractivity contribution < 1.29 is 0 Å². The summed E-state index contributed by atoms with van der Waals surface area (Å²) in [7, 11) is 0. The fourth-order valence-corrected chi connectivity index (χ4v) is 8.36. The van der Waals surface area contributed by atoms with Crippen molar-refractivity contribution in [1.29, 1.82) is 0 Å². The fraction of sp³-hybridized carbons (Fsp3) is 0.0612. The molecule has 0 amide bonds. The van der Waals surface area contributed by atoms with Crippen LogP contribution in [0.2, 0.25) is 0 Å². The lowest BCUT2D eigenvalue weighted by atomic mass is 9.81. The minimum Gasteiger partial charge on any atom is -0.247 e. The van der Waals surface area contributed by atoms with Gasteiger partial charge in [-0.1, -0.05) is 141 Å². The third kappa shape index (κ3) is 4.52. The van der Waals surface area contributed by atoms with Crippen LogP contribution in [0.3, 0.4) is 0 Å². The van der Waals surface area contributed by atoms with E-state index >= 15 is 0 Å². The second-order valence-electron chi connectivity index (χ2n) is 14.3. The van der Waals surface area contributed by atoms with Gasteiger partial charge in [-0.15, -0.1) is 0 Å². The molecule has 0 bridgehead atoms. The van der Waals surface area contributed by atoms with Crippen LogP contribution in [0.1, 0.15) is 25.0 Å². The van der Waals surface area contributed by atoms with Crippen molar-refractivity contribution in [2.75, 3.05) is 0 Å². The van der Waals surface area contributed by atoms with E-state index in [-0.39, 0.29) is 5.41 Å². The number of fused-ring (bicyclic) bond motifs is 9. The van der Waals surface area contributed by atoms with Crippen LogP contribution in [0.15, 0.2) is 158 Å². The van der Waals surface area contributed by atoms with Gasteiger partial charge in [0.1, 0.15) is 0 Å². The van der Waals surface area contributed by atoms with E-state index in [1.807, 2.05) is 6.07 Å². The van der Waals surface area contributed by atoms with Crippen LogP contribution in [-0.4, -0.2) is 4.98 Å². The van der Waals surface area contributed by atoms with Gasteiger partial charge in [0.15, 0.2) is 5.69 Å². The molecule has 1 aliphatic carbocycles. The first-order valence-electron chi connectivity index (χ1n) is 17.5. The summed E-state index contributed by atoms with van der Waals surface area (Å²) in [4.78, 5) is 9.04. The van der Waals surface area contributed by atoms with Gasteiger partial charge in [-0.2, -0.15) is 0 Å². The Labute approximate surface area is 297 Å². The summed E-state index contributed by atoms with van der Waals surface area (Å²) in [5, 5.41) is 8.41. The van der Waals surface area contributed by atoms with E-state index in [2.05, 4.69) is 170 Å². The van der Waals surface area contributed by atoms with Crippen molar-refractivity contribution in [3.63, 3.8) is 0 Å². The van der Waals surface area contributed by atoms with E-state index in [9.17, 15) is 0 Å². The first-order valence-corrected chi connectivity index (χ1v) is 17.5. The molecule has 51 heavy (non-hydrogen) atoms. The van der Waals surface area contributed by atoms with E-state index in [1.54, 1.807) is 0 Å². The van der Waals surface area contributed by atoms with Gasteiger partial charge >= 0.3 is 0 Å². The van der Waals surface area contributed by atoms with Crippen LogP contribution >= 0.6 is 0 Å². The number of hydrogen-bond acceptors (Lipinski definition) is 1. The molecule has 10 rings (SSSR count). The highest BCUT2D eigenvalue weighted by Gasteiger charge is 2.35. The molecule has 1 aliphatic rings. The Morgan fingerprint density at radius 2 is 1.10 bits per heavy atom. The second kappa shape index (κ2) is 11.0. The third-order valence-corrected chi connectivity index (χ3v) is 11.0. The molecular formula is C49H32N2. The molecule has 2 nitrogen and oxygen atoms in total. The maximum Gasteiger partial charge on any atom is 0.187 e. The predicted molar refractivity (Wildman–Crippen MR) is 214 cm³/mol. The molecule has 0 aliphatic heterocycles. The second-order valence-corrected chi connectivity index (χ2v) is 14.3. The van der Waals surface area contributed by atoms with Crippen molar-refractivity contribution in [2.24, 2.45) is 0 Å². The molecule has 0 radical (unpaired) electrons. The lowest BCUT2D eigenvalue weighted by molar-refractivity contribution is 0.661. The molecular weight excluding hydrogens is 617 g/mol. The van der Waals surface area contributed by atoms with Gasteiger partial charge in [0.2, 0.25) is 0 Å². The maximum absolute atomic E-state index is 7.53. The van der Waals surface area contributed by atoms with Crippen molar-refractivity contribution >= 4 is 48.9 Å². The molecule has 0 N–H and O–H groups in total. The summed E-state index contributed by atoms with van der Waals surface area (Å²) in [6, 6.07) is 56.9. The van der Waals surface area contributed by atoms with Crippen LogP contribution in [-0.2, 0) is 5.41 Å². The molecule has 0 unspecified atom stereocenters. The minimum atomic E-state index is -0.175. The molecule has 0 saturated carbocycles. The lowest BCUT2D eigenvalue weighted by Gasteiger charge is -2.22. The molecule has 8 aromatic carbocycles. The van der Waals surface area contributed by atoms with Crippen LogP contribution in [0.25, 0.3) is 92.7 Å². The topological polar surface area (TPSA) is 17.2 Å². The molecule has 0 saturated heterocycles. The van der Waals surface area contributed by atoms with Crippen molar-refractivity contribution in [1.82, 2.24) is 4.98 Å². The minimum absolute atomic E-state index is 0.175. The van der Waals surface area contributed by atoms with Gasteiger partial charge < -0.3 is 0 Å². The molecule has 1 aromatic heterocycles. The van der Waals surface area contributed by atoms with Crippen LogP contribution < -0.4 is 0 Å². The Bertz CT molecular complexity index is 2950. The van der Waals surface area contributed by atoms with Crippen molar-refractivity contribution in [3.05, 3.63) is 180 Å². The normalized spacial score (nSPS) is 13.0. The van der Waals surface area contributed by atoms with E-state index in [1.165, 1.54) is 82.2 Å². The lowest BCUT2D eigenvalue weighted by Crippen LogP contribution is -2.14. The summed E-state index contributed by atoms with van der Waals surface area (Å²) in [5.41, 5.74) is 13.5. The van der Waals surface area contributed by atoms with E-state index in [0.29, 0.717) is 5.69 Å². The Morgan fingerprint density at radius 3 is 1.88 bits per heavy atom. The van der Waals surface area contributed by atoms with Crippen LogP contribution in [0, 0.1) is 6.57 Å². The highest BCUT2D eigenvalue weighted by molar-refractivity contribution is 6.22. The van der Waals surface area contributed by atoms with Gasteiger partial charge in [-0.3, -0.25) is 0 Å². The van der Waals surface area contributed by atoms with Gasteiger partial charge in [0.05, 0.1) is 17.8 Å². The molecule has 9 aromatic rings. The van der Waals surface area contributed by atoms with E-state index in [4.69, 9.17) is 11.6 Å². The highest BCUT2D eigenvalue weighted by Crippen LogP contribution is 2.51. The van der Waals surface area contributed by atoms with Gasteiger partial charge in [0, 0.05) is 21.8 Å². The van der Waals surface area contributed by atoms with Crippen molar-refractivity contribution in [3.8, 4) is 44.6 Å². The monoisotopic (exact) mass is 648 g/mol. The number of aromatic nitrogens is 1. The predicted octanol–water partition coefficient (Wildman–Crippen LogP) is 13.6. The van der Waals surface area contributed by atoms with Gasteiger partial charge in [0.25, 0.3) is 0 Å². The van der Waals surface area contributed by atoms with Crippen LogP contribution in [0.4, 0.5) is 5.69 Å². The highest BCUT2D eigenvalue weighted by atomic mass is 14.7. The summed E-state index contributed by atoms with van der Waals surface area (Å²) in [6.45, 7) is 12.1. The smallest absolute Gasteiger partial charge is 0.187 e. The molecule has 0 spiro atoms. The largest absolute Gasteiger partial charge is 0.247 e. The Kier molecular flexibility index (Phi) is 6.32. The van der Waals surface area contributed by atoms with Crippen molar-refractivity contribution in [2.45, 2.75) is 19.3 Å². The zero-order valence-electron chi connectivity index (χ0n) is 28.4. The third-order valence-electron chi connectivity index (χ3n) is 11.0. The quantitative estimate of drug-likeness (QED) is 0.106. The number of nitrogens with zero attached hydrogens (tertiary/aromatic N) is 2. The standard InChI is InChI=1S/C49H32N2/c1-49(2)44-27-36(17-21-40(44)41-23-19-38(50-3)29-45(41)49)32-15-9-14-31(24-32)35-16-20-39-37(25-35)18-22-42-43-26-33-12-7-8-13-34(33)28-46(43)51-48(47(39)42)30-10-5-4-6-11-30/h4-29H,1-2H3. The number of pyridine rings is 1. The Balaban J connectivity index is 1.10.